The molecule has 0 fully saturated rings. The smallest absolute Gasteiger partial charge is 0.261 e. The standard InChI is InChI=1S/C24H31N3O3S/c1-4-5-6-9-15-30-21-14-8-7-13-20(21)23(29)27-24(31)26-19-12-10-11-18(16-19)22(28)25-17(2)3/h7-8,10-14,16-17H,4-6,9,15H2,1-3H3,(H,25,28)(H2,26,27,29,31). The Morgan fingerprint density at radius 2 is 1.77 bits per heavy atom. The zero-order valence-electron chi connectivity index (χ0n) is 18.4. The van der Waals surface area contributed by atoms with E-state index in [-0.39, 0.29) is 23.0 Å². The highest BCUT2D eigenvalue weighted by Crippen LogP contribution is 2.19. The van der Waals surface area contributed by atoms with Crippen molar-refractivity contribution in [1.29, 1.82) is 0 Å². The Hall–Kier alpha value is -2.93. The largest absolute Gasteiger partial charge is 0.493 e. The quantitative estimate of drug-likeness (QED) is 0.361. The van der Waals surface area contributed by atoms with Crippen LogP contribution in [0, 0.1) is 0 Å². The summed E-state index contributed by atoms with van der Waals surface area (Å²) in [7, 11) is 0. The van der Waals surface area contributed by atoms with E-state index in [1.165, 1.54) is 6.42 Å². The minimum Gasteiger partial charge on any atom is -0.493 e. The van der Waals surface area contributed by atoms with Gasteiger partial charge in [-0.1, -0.05) is 44.4 Å². The number of nitrogens with one attached hydrogen (secondary N) is 3. The Bertz CT molecular complexity index is 899. The highest BCUT2D eigenvalue weighted by atomic mass is 32.1. The van der Waals surface area contributed by atoms with Crippen molar-refractivity contribution in [3.05, 3.63) is 59.7 Å². The summed E-state index contributed by atoms with van der Waals surface area (Å²) in [6.45, 7) is 6.53. The van der Waals surface area contributed by atoms with Crippen LogP contribution in [-0.2, 0) is 0 Å². The minimum atomic E-state index is -0.352. The first-order valence-corrected chi connectivity index (χ1v) is 11.1. The second-order valence-electron chi connectivity index (χ2n) is 7.52. The Labute approximate surface area is 189 Å². The van der Waals surface area contributed by atoms with Crippen molar-refractivity contribution < 1.29 is 14.3 Å². The van der Waals surface area contributed by atoms with Crippen molar-refractivity contribution in [2.24, 2.45) is 0 Å². The molecule has 0 spiro atoms. The van der Waals surface area contributed by atoms with E-state index < -0.39 is 0 Å². The number of hydrogen-bond acceptors (Lipinski definition) is 4. The third kappa shape index (κ3) is 8.38. The second-order valence-corrected chi connectivity index (χ2v) is 7.93. The number of benzene rings is 2. The third-order valence-corrected chi connectivity index (χ3v) is 4.62. The van der Waals surface area contributed by atoms with Crippen LogP contribution in [0.4, 0.5) is 5.69 Å². The number of rotatable bonds is 10. The maximum Gasteiger partial charge on any atom is 0.261 e. The van der Waals surface area contributed by atoms with E-state index >= 15 is 0 Å². The molecule has 2 aromatic carbocycles. The van der Waals surface area contributed by atoms with Crippen molar-refractivity contribution in [2.45, 2.75) is 52.5 Å². The average molecular weight is 442 g/mol. The monoisotopic (exact) mass is 441 g/mol. The van der Waals surface area contributed by atoms with E-state index in [9.17, 15) is 9.59 Å². The van der Waals surface area contributed by atoms with E-state index in [1.807, 2.05) is 19.9 Å². The number of carbonyl (C=O) groups excluding carboxylic acids is 2. The zero-order valence-corrected chi connectivity index (χ0v) is 19.2. The van der Waals surface area contributed by atoms with E-state index in [2.05, 4.69) is 22.9 Å². The van der Waals surface area contributed by atoms with Crippen LogP contribution < -0.4 is 20.7 Å². The van der Waals surface area contributed by atoms with E-state index in [4.69, 9.17) is 17.0 Å². The van der Waals surface area contributed by atoms with Gasteiger partial charge in [0.05, 0.1) is 12.2 Å². The number of para-hydroxylation sites is 1. The number of carbonyl (C=O) groups is 2. The van der Waals surface area contributed by atoms with Crippen LogP contribution in [0.5, 0.6) is 5.75 Å². The van der Waals surface area contributed by atoms with Crippen LogP contribution >= 0.6 is 12.2 Å². The second kappa shape index (κ2) is 12.7. The first kappa shape index (κ1) is 24.3. The van der Waals surface area contributed by atoms with Crippen molar-refractivity contribution in [3.8, 4) is 5.75 Å². The molecule has 0 aliphatic rings. The van der Waals surface area contributed by atoms with Crippen molar-refractivity contribution >= 4 is 34.8 Å². The number of amides is 2. The van der Waals surface area contributed by atoms with Gasteiger partial charge in [-0.3, -0.25) is 14.9 Å². The highest BCUT2D eigenvalue weighted by Gasteiger charge is 2.14. The summed E-state index contributed by atoms with van der Waals surface area (Å²) in [5, 5.41) is 8.62. The van der Waals surface area contributed by atoms with Gasteiger partial charge in [0.2, 0.25) is 0 Å². The van der Waals surface area contributed by atoms with Crippen molar-refractivity contribution in [3.63, 3.8) is 0 Å². The topological polar surface area (TPSA) is 79.5 Å². The summed E-state index contributed by atoms with van der Waals surface area (Å²) < 4.78 is 5.81. The molecule has 0 aromatic heterocycles. The molecule has 2 amide bonds. The lowest BCUT2D eigenvalue weighted by Gasteiger charge is -2.14. The van der Waals surface area contributed by atoms with Gasteiger partial charge in [0.25, 0.3) is 11.8 Å². The summed E-state index contributed by atoms with van der Waals surface area (Å²) in [6, 6.07) is 14.1. The maximum absolute atomic E-state index is 12.7. The minimum absolute atomic E-state index is 0.0402. The first-order chi connectivity index (χ1) is 14.9. The number of unbranched alkanes of at least 4 members (excludes halogenated alkanes) is 3. The Balaban J connectivity index is 1.96. The average Bonchev–Trinajstić information content (AvgIpc) is 2.73. The Morgan fingerprint density at radius 1 is 1.00 bits per heavy atom. The van der Waals surface area contributed by atoms with Crippen molar-refractivity contribution in [2.75, 3.05) is 11.9 Å². The third-order valence-electron chi connectivity index (χ3n) is 4.42. The fourth-order valence-electron chi connectivity index (χ4n) is 2.91. The molecule has 2 aromatic rings. The molecule has 7 heteroatoms. The van der Waals surface area contributed by atoms with Gasteiger partial charge < -0.3 is 15.4 Å². The van der Waals surface area contributed by atoms with E-state index in [1.54, 1.807) is 42.5 Å². The van der Waals surface area contributed by atoms with Gasteiger partial charge >= 0.3 is 0 Å². The summed E-state index contributed by atoms with van der Waals surface area (Å²) in [4.78, 5) is 24.9. The first-order valence-electron chi connectivity index (χ1n) is 10.7. The number of hydrogen-bond donors (Lipinski definition) is 3. The number of thiocarbonyl (C=S) groups is 1. The summed E-state index contributed by atoms with van der Waals surface area (Å²) in [5.41, 5.74) is 1.55. The molecule has 6 nitrogen and oxygen atoms in total. The fraction of sp³-hybridized carbons (Fsp3) is 0.375. The molecule has 0 atom stereocenters. The predicted molar refractivity (Wildman–Crippen MR) is 129 cm³/mol. The van der Waals surface area contributed by atoms with Crippen LogP contribution in [0.15, 0.2) is 48.5 Å². The molecule has 31 heavy (non-hydrogen) atoms. The molecule has 0 saturated carbocycles. The number of ether oxygens (including phenoxy) is 1. The molecular formula is C24H31N3O3S. The Morgan fingerprint density at radius 3 is 2.52 bits per heavy atom. The lowest BCUT2D eigenvalue weighted by Crippen LogP contribution is -2.34. The van der Waals surface area contributed by atoms with Gasteiger partial charge in [-0.2, -0.15) is 0 Å². The molecule has 166 valence electrons. The summed E-state index contributed by atoms with van der Waals surface area (Å²) in [6.07, 6.45) is 4.39. The van der Waals surface area contributed by atoms with Crippen molar-refractivity contribution in [1.82, 2.24) is 10.6 Å². The number of anilines is 1. The van der Waals surface area contributed by atoms with Crippen LogP contribution in [-0.4, -0.2) is 29.6 Å². The Kier molecular flexibility index (Phi) is 9.97. The maximum atomic E-state index is 12.7. The molecule has 0 bridgehead atoms. The summed E-state index contributed by atoms with van der Waals surface area (Å²) in [5.74, 6) is 0.0145. The lowest BCUT2D eigenvalue weighted by molar-refractivity contribution is 0.0940. The molecule has 0 radical (unpaired) electrons. The van der Waals surface area contributed by atoms with Gasteiger partial charge in [0.1, 0.15) is 5.75 Å². The van der Waals surface area contributed by atoms with Gasteiger partial charge in [0, 0.05) is 17.3 Å². The SMILES string of the molecule is CCCCCCOc1ccccc1C(=O)NC(=S)Nc1cccc(C(=O)NC(C)C)c1. The van der Waals surface area contributed by atoms with Gasteiger partial charge in [-0.25, -0.2) is 0 Å². The molecule has 2 rings (SSSR count). The lowest BCUT2D eigenvalue weighted by atomic mass is 10.1. The van der Waals surface area contributed by atoms with Gasteiger partial charge in [0.15, 0.2) is 5.11 Å². The van der Waals surface area contributed by atoms with Crippen LogP contribution in [0.2, 0.25) is 0 Å². The summed E-state index contributed by atoms with van der Waals surface area (Å²) >= 11 is 5.29. The predicted octanol–water partition coefficient (Wildman–Crippen LogP) is 4.91. The molecule has 0 heterocycles. The van der Waals surface area contributed by atoms with Crippen LogP contribution in [0.3, 0.4) is 0 Å². The van der Waals surface area contributed by atoms with E-state index in [0.717, 1.165) is 19.3 Å². The zero-order chi connectivity index (χ0) is 22.6. The molecule has 0 aliphatic heterocycles. The normalized spacial score (nSPS) is 10.5. The molecule has 0 saturated heterocycles. The molecule has 0 aliphatic carbocycles. The molecule has 3 N–H and O–H groups in total. The molecular weight excluding hydrogens is 410 g/mol. The van der Waals surface area contributed by atoms with Crippen LogP contribution in [0.1, 0.15) is 67.2 Å². The highest BCUT2D eigenvalue weighted by molar-refractivity contribution is 7.80. The van der Waals surface area contributed by atoms with Crippen LogP contribution in [0.25, 0.3) is 0 Å². The fourth-order valence-corrected chi connectivity index (χ4v) is 3.12. The molecule has 0 unspecified atom stereocenters. The van der Waals surface area contributed by atoms with Gasteiger partial charge in [-0.15, -0.1) is 0 Å². The van der Waals surface area contributed by atoms with Gasteiger partial charge in [-0.05, 0) is 62.8 Å². The van der Waals surface area contributed by atoms with E-state index in [0.29, 0.717) is 29.2 Å².